The second kappa shape index (κ2) is 7.14. The zero-order valence-corrected chi connectivity index (χ0v) is 13.5. The molecule has 0 spiro atoms. The lowest BCUT2D eigenvalue weighted by Crippen LogP contribution is -2.48. The normalized spacial score (nSPS) is 34.9. The van der Waals surface area contributed by atoms with E-state index in [1.807, 2.05) is 20.1 Å². The maximum absolute atomic E-state index is 12.0. The van der Waals surface area contributed by atoms with Crippen molar-refractivity contribution in [2.45, 2.75) is 63.7 Å². The van der Waals surface area contributed by atoms with Crippen molar-refractivity contribution in [2.75, 3.05) is 6.26 Å². The van der Waals surface area contributed by atoms with Crippen LogP contribution in [-0.4, -0.2) is 35.0 Å². The van der Waals surface area contributed by atoms with Gasteiger partial charge in [-0.15, -0.1) is 11.8 Å². The van der Waals surface area contributed by atoms with Gasteiger partial charge in [-0.05, 0) is 30.9 Å². The predicted molar refractivity (Wildman–Crippen MR) is 81.2 cm³/mol. The van der Waals surface area contributed by atoms with Crippen LogP contribution >= 0.6 is 11.8 Å². The van der Waals surface area contributed by atoms with Gasteiger partial charge < -0.3 is 15.2 Å². The summed E-state index contributed by atoms with van der Waals surface area (Å²) in [6, 6.07) is 0.0435. The maximum Gasteiger partial charge on any atom is 0.222 e. The van der Waals surface area contributed by atoms with E-state index in [1.165, 1.54) is 31.0 Å². The molecule has 116 valence electrons. The molecule has 2 aliphatic rings. The maximum atomic E-state index is 12.0. The molecule has 0 radical (unpaired) electrons. The van der Waals surface area contributed by atoms with Crippen molar-refractivity contribution in [1.82, 2.24) is 5.32 Å². The van der Waals surface area contributed by atoms with E-state index in [1.54, 1.807) is 0 Å². The summed E-state index contributed by atoms with van der Waals surface area (Å²) in [4.78, 5) is 12.0. The first-order valence-corrected chi connectivity index (χ1v) is 8.98. The summed E-state index contributed by atoms with van der Waals surface area (Å²) in [5.74, 6) is 1.31. The molecule has 0 aliphatic heterocycles. The van der Waals surface area contributed by atoms with E-state index in [0.717, 1.165) is 18.8 Å². The highest BCUT2D eigenvalue weighted by Gasteiger charge is 2.48. The Kier molecular flexibility index (Phi) is 5.75. The fraction of sp³-hybridized carbons (Fsp3) is 0.933. The average Bonchev–Trinajstić information content (AvgIpc) is 3.15. The van der Waals surface area contributed by atoms with Gasteiger partial charge in [0.25, 0.3) is 0 Å². The van der Waals surface area contributed by atoms with E-state index in [2.05, 4.69) is 5.32 Å². The Labute approximate surface area is 126 Å². The van der Waals surface area contributed by atoms with Crippen LogP contribution in [0.25, 0.3) is 0 Å². The molecule has 0 heterocycles. The van der Waals surface area contributed by atoms with Crippen LogP contribution in [-0.2, 0) is 9.53 Å². The van der Waals surface area contributed by atoms with E-state index in [0.29, 0.717) is 5.92 Å². The van der Waals surface area contributed by atoms with E-state index >= 15 is 0 Å². The molecule has 0 bridgehead atoms. The lowest BCUT2D eigenvalue weighted by atomic mass is 9.93. The van der Waals surface area contributed by atoms with Crippen LogP contribution in [0, 0.1) is 17.8 Å². The molecule has 2 rings (SSSR count). The molecule has 5 unspecified atom stereocenters. The number of amides is 1. The van der Waals surface area contributed by atoms with Gasteiger partial charge in [0.1, 0.15) is 0 Å². The average molecular weight is 301 g/mol. The third kappa shape index (κ3) is 4.12. The number of fused-ring (bicyclic) bond motifs is 1. The molecule has 2 fully saturated rings. The summed E-state index contributed by atoms with van der Waals surface area (Å²) in [6.45, 7) is 3.82. The molecule has 0 aromatic carbocycles. The lowest BCUT2D eigenvalue weighted by molar-refractivity contribution is -0.130. The van der Waals surface area contributed by atoms with Gasteiger partial charge in [-0.1, -0.05) is 33.1 Å². The van der Waals surface area contributed by atoms with Crippen molar-refractivity contribution in [3.05, 3.63) is 0 Å². The molecule has 4 nitrogen and oxygen atoms in total. The lowest BCUT2D eigenvalue weighted by Gasteiger charge is -2.32. The zero-order valence-electron chi connectivity index (χ0n) is 12.7. The fourth-order valence-electron chi connectivity index (χ4n) is 3.13. The van der Waals surface area contributed by atoms with Crippen LogP contribution in [0.1, 0.15) is 46.0 Å². The minimum atomic E-state index is -0.792. The van der Waals surface area contributed by atoms with Crippen LogP contribution in [0.4, 0.5) is 0 Å². The summed E-state index contributed by atoms with van der Waals surface area (Å²) < 4.78 is 5.83. The van der Waals surface area contributed by atoms with E-state index in [9.17, 15) is 9.90 Å². The Morgan fingerprint density at radius 2 is 2.05 bits per heavy atom. The number of hydrogen-bond donors (Lipinski definition) is 2. The Balaban J connectivity index is 2.03. The fourth-order valence-corrected chi connectivity index (χ4v) is 3.37. The van der Waals surface area contributed by atoms with Crippen molar-refractivity contribution < 1.29 is 14.6 Å². The van der Waals surface area contributed by atoms with Crippen LogP contribution < -0.4 is 5.32 Å². The Morgan fingerprint density at radius 3 is 2.70 bits per heavy atom. The van der Waals surface area contributed by atoms with Crippen LogP contribution in [0.3, 0.4) is 0 Å². The molecule has 2 saturated carbocycles. The summed E-state index contributed by atoms with van der Waals surface area (Å²) in [5.41, 5.74) is -0.792. The van der Waals surface area contributed by atoms with Crippen molar-refractivity contribution in [3.8, 4) is 0 Å². The number of ether oxygens (including phenoxy) is 1. The molecular weight excluding hydrogens is 274 g/mol. The Bertz CT molecular complexity index is 337. The highest BCUT2D eigenvalue weighted by atomic mass is 32.2. The summed E-state index contributed by atoms with van der Waals surface area (Å²) >= 11 is 1.30. The highest BCUT2D eigenvalue weighted by molar-refractivity contribution is 7.98. The number of rotatable bonds is 5. The molecule has 2 aliphatic carbocycles. The first kappa shape index (κ1) is 16.1. The van der Waals surface area contributed by atoms with Crippen LogP contribution in [0.15, 0.2) is 0 Å². The topological polar surface area (TPSA) is 58.6 Å². The molecule has 1 amide bonds. The van der Waals surface area contributed by atoms with Gasteiger partial charge in [-0.25, -0.2) is 0 Å². The SMILES string of the molecule is CSC(O)OC1C(NC(=O)C(C)C)CCCCC2CC21. The predicted octanol–water partition coefficient (Wildman–Crippen LogP) is 2.36. The number of aliphatic hydroxyl groups is 1. The highest BCUT2D eigenvalue weighted by Crippen LogP contribution is 2.49. The summed E-state index contributed by atoms with van der Waals surface area (Å²) in [7, 11) is 0. The van der Waals surface area contributed by atoms with Gasteiger partial charge in [-0.2, -0.15) is 0 Å². The molecule has 5 heteroatoms. The minimum Gasteiger partial charge on any atom is -0.360 e. The molecule has 0 saturated heterocycles. The van der Waals surface area contributed by atoms with Gasteiger partial charge >= 0.3 is 0 Å². The second-order valence-electron chi connectivity index (χ2n) is 6.36. The van der Waals surface area contributed by atoms with Gasteiger partial charge in [0.15, 0.2) is 0 Å². The smallest absolute Gasteiger partial charge is 0.222 e. The quantitative estimate of drug-likeness (QED) is 0.765. The van der Waals surface area contributed by atoms with Crippen molar-refractivity contribution in [1.29, 1.82) is 0 Å². The molecule has 5 atom stereocenters. The molecular formula is C15H27NO3S. The van der Waals surface area contributed by atoms with Crippen molar-refractivity contribution >= 4 is 17.7 Å². The molecule has 2 N–H and O–H groups in total. The first-order chi connectivity index (χ1) is 9.52. The third-order valence-corrected chi connectivity index (χ3v) is 4.98. The summed E-state index contributed by atoms with van der Waals surface area (Å²) in [5, 5.41) is 12.9. The van der Waals surface area contributed by atoms with Crippen molar-refractivity contribution in [3.63, 3.8) is 0 Å². The standard InChI is InChI=1S/C15H27NO3S/c1-9(2)14(17)16-12-7-5-4-6-10-8-11(10)13(12)19-15(18)20-3/h9-13,15,18H,4-8H2,1-3H3,(H,16,17). The Morgan fingerprint density at radius 1 is 1.35 bits per heavy atom. The molecule has 0 aromatic heterocycles. The van der Waals surface area contributed by atoms with E-state index < -0.39 is 5.62 Å². The monoisotopic (exact) mass is 301 g/mol. The zero-order chi connectivity index (χ0) is 14.7. The second-order valence-corrected chi connectivity index (χ2v) is 7.23. The van der Waals surface area contributed by atoms with E-state index in [-0.39, 0.29) is 24.0 Å². The first-order valence-electron chi connectivity index (χ1n) is 7.69. The van der Waals surface area contributed by atoms with Crippen molar-refractivity contribution in [2.24, 2.45) is 17.8 Å². The Hall–Kier alpha value is -0.260. The molecule has 0 aromatic rings. The number of carbonyl (C=O) groups excluding carboxylic acids is 1. The van der Waals surface area contributed by atoms with Gasteiger partial charge in [0, 0.05) is 5.92 Å². The number of hydrogen-bond acceptors (Lipinski definition) is 4. The number of nitrogens with one attached hydrogen (secondary N) is 1. The molecule has 20 heavy (non-hydrogen) atoms. The minimum absolute atomic E-state index is 0.0124. The van der Waals surface area contributed by atoms with Crippen LogP contribution in [0.2, 0.25) is 0 Å². The number of carbonyl (C=O) groups is 1. The third-order valence-electron chi connectivity index (χ3n) is 4.46. The van der Waals surface area contributed by atoms with Gasteiger partial charge in [0.2, 0.25) is 11.5 Å². The largest absolute Gasteiger partial charge is 0.360 e. The number of aliphatic hydroxyl groups excluding tert-OH is 1. The summed E-state index contributed by atoms with van der Waals surface area (Å²) in [6.07, 6.45) is 7.57. The van der Waals surface area contributed by atoms with E-state index in [4.69, 9.17) is 4.74 Å². The van der Waals surface area contributed by atoms with Gasteiger partial charge in [0.05, 0.1) is 12.1 Å². The number of thioether (sulfide) groups is 1. The van der Waals surface area contributed by atoms with Crippen LogP contribution in [0.5, 0.6) is 0 Å². The van der Waals surface area contributed by atoms with Gasteiger partial charge in [-0.3, -0.25) is 4.79 Å².